The van der Waals surface area contributed by atoms with Gasteiger partial charge in [-0.3, -0.25) is 14.6 Å². The lowest BCUT2D eigenvalue weighted by Crippen LogP contribution is -2.53. The average molecular weight is 349 g/mol. The third-order valence-corrected chi connectivity index (χ3v) is 5.51. The summed E-state index contributed by atoms with van der Waals surface area (Å²) in [6.45, 7) is 10.1. The number of piperazine rings is 1. The Kier molecular flexibility index (Phi) is 5.59. The molecule has 1 aromatic rings. The molecule has 0 radical (unpaired) electrons. The summed E-state index contributed by atoms with van der Waals surface area (Å²) < 4.78 is 19.0. The molecule has 2 atom stereocenters. The molecule has 0 aromatic heterocycles. The Morgan fingerprint density at radius 2 is 1.96 bits per heavy atom. The molecule has 2 aliphatic heterocycles. The van der Waals surface area contributed by atoms with Gasteiger partial charge in [-0.05, 0) is 24.1 Å². The first-order valence-electron chi connectivity index (χ1n) is 9.02. The van der Waals surface area contributed by atoms with Gasteiger partial charge in [-0.25, -0.2) is 4.39 Å². The Balaban J connectivity index is 1.60. The van der Waals surface area contributed by atoms with Gasteiger partial charge in [0, 0.05) is 64.3 Å². The van der Waals surface area contributed by atoms with Crippen molar-refractivity contribution < 1.29 is 13.9 Å². The van der Waals surface area contributed by atoms with Crippen LogP contribution < -0.4 is 4.74 Å². The van der Waals surface area contributed by atoms with Gasteiger partial charge in [0.25, 0.3) is 0 Å². The molecule has 0 N–H and O–H groups in total. The van der Waals surface area contributed by atoms with Crippen LogP contribution >= 0.6 is 0 Å². The molecule has 1 amide bonds. The molecular formula is C19H28FN3O2. The predicted octanol–water partition coefficient (Wildman–Crippen LogP) is 1.82. The number of hydrogen-bond donors (Lipinski definition) is 0. The molecule has 0 unspecified atom stereocenters. The van der Waals surface area contributed by atoms with Gasteiger partial charge in [-0.2, -0.15) is 0 Å². The van der Waals surface area contributed by atoms with Crippen LogP contribution in [0.1, 0.15) is 19.4 Å². The molecule has 138 valence electrons. The zero-order valence-electron chi connectivity index (χ0n) is 15.4. The monoisotopic (exact) mass is 349 g/mol. The number of methoxy groups -OCH3 is 1. The molecule has 3 rings (SSSR count). The van der Waals surface area contributed by atoms with Crippen molar-refractivity contribution >= 4 is 5.91 Å². The van der Waals surface area contributed by atoms with Crippen molar-refractivity contribution in [2.45, 2.75) is 26.4 Å². The van der Waals surface area contributed by atoms with E-state index in [0.29, 0.717) is 18.5 Å². The van der Waals surface area contributed by atoms with Crippen LogP contribution in [0.2, 0.25) is 0 Å². The maximum atomic E-state index is 13.6. The number of carbonyl (C=O) groups is 1. The second kappa shape index (κ2) is 7.70. The maximum Gasteiger partial charge on any atom is 0.219 e. The first-order valence-corrected chi connectivity index (χ1v) is 9.02. The molecule has 6 heteroatoms. The number of rotatable bonds is 4. The van der Waals surface area contributed by atoms with E-state index in [1.54, 1.807) is 26.2 Å². The second-order valence-corrected chi connectivity index (χ2v) is 7.24. The minimum Gasteiger partial charge on any atom is -0.496 e. The Bertz CT molecular complexity index is 617. The van der Waals surface area contributed by atoms with Crippen molar-refractivity contribution in [2.24, 2.45) is 5.92 Å². The van der Waals surface area contributed by atoms with E-state index in [9.17, 15) is 9.18 Å². The van der Waals surface area contributed by atoms with E-state index in [1.165, 1.54) is 6.07 Å². The summed E-state index contributed by atoms with van der Waals surface area (Å²) in [6.07, 6.45) is 0. The minimum atomic E-state index is -0.222. The standard InChI is InChI=1S/C19H28FN3O2/c1-14-11-21(12-16-10-17(20)4-5-19(16)25-3)13-18(14)23-8-6-22(7-9-23)15(2)24/h4-5,10,14,18H,6-9,11-13H2,1-3H3/t14-,18-/m1/s1. The van der Waals surface area contributed by atoms with Gasteiger partial charge in [0.1, 0.15) is 11.6 Å². The van der Waals surface area contributed by atoms with Crippen LogP contribution in [0.15, 0.2) is 18.2 Å². The lowest BCUT2D eigenvalue weighted by atomic mass is 10.0. The van der Waals surface area contributed by atoms with E-state index in [0.717, 1.165) is 50.6 Å². The quantitative estimate of drug-likeness (QED) is 0.831. The van der Waals surface area contributed by atoms with Crippen molar-refractivity contribution in [2.75, 3.05) is 46.4 Å². The molecule has 2 heterocycles. The summed E-state index contributed by atoms with van der Waals surface area (Å²) in [7, 11) is 1.63. The highest BCUT2D eigenvalue weighted by molar-refractivity contribution is 5.73. The summed E-state index contributed by atoms with van der Waals surface area (Å²) >= 11 is 0. The fourth-order valence-electron chi connectivity index (χ4n) is 4.13. The maximum absolute atomic E-state index is 13.6. The van der Waals surface area contributed by atoms with Gasteiger partial charge >= 0.3 is 0 Å². The molecule has 2 fully saturated rings. The van der Waals surface area contributed by atoms with Gasteiger partial charge < -0.3 is 9.64 Å². The fraction of sp³-hybridized carbons (Fsp3) is 0.632. The Hall–Kier alpha value is -1.66. The number of benzene rings is 1. The average Bonchev–Trinajstić information content (AvgIpc) is 2.95. The van der Waals surface area contributed by atoms with E-state index in [1.807, 2.05) is 4.90 Å². The lowest BCUT2D eigenvalue weighted by molar-refractivity contribution is -0.130. The largest absolute Gasteiger partial charge is 0.496 e. The normalized spacial score (nSPS) is 25.4. The highest BCUT2D eigenvalue weighted by Gasteiger charge is 2.35. The smallest absolute Gasteiger partial charge is 0.219 e. The van der Waals surface area contributed by atoms with Crippen molar-refractivity contribution in [3.05, 3.63) is 29.6 Å². The molecule has 0 aliphatic carbocycles. The Labute approximate surface area is 149 Å². The Morgan fingerprint density at radius 1 is 1.24 bits per heavy atom. The van der Waals surface area contributed by atoms with Crippen LogP contribution in [-0.4, -0.2) is 73.0 Å². The zero-order chi connectivity index (χ0) is 18.0. The van der Waals surface area contributed by atoms with Crippen molar-refractivity contribution in [1.29, 1.82) is 0 Å². The van der Waals surface area contributed by atoms with Crippen LogP contribution in [0, 0.1) is 11.7 Å². The molecule has 2 aliphatic rings. The molecule has 0 saturated carbocycles. The molecule has 1 aromatic carbocycles. The van der Waals surface area contributed by atoms with E-state index in [2.05, 4.69) is 16.7 Å². The number of ether oxygens (including phenoxy) is 1. The number of hydrogen-bond acceptors (Lipinski definition) is 4. The molecule has 0 spiro atoms. The summed E-state index contributed by atoms with van der Waals surface area (Å²) in [5, 5.41) is 0. The molecule has 5 nitrogen and oxygen atoms in total. The number of halogens is 1. The SMILES string of the molecule is COc1ccc(F)cc1CN1C[C@@H](C)[C@H](N2CCN(C(C)=O)CC2)C1. The molecule has 2 saturated heterocycles. The van der Waals surface area contributed by atoms with Gasteiger partial charge in [0.15, 0.2) is 0 Å². The van der Waals surface area contributed by atoms with Crippen LogP contribution in [-0.2, 0) is 11.3 Å². The number of nitrogens with zero attached hydrogens (tertiary/aromatic N) is 3. The van der Waals surface area contributed by atoms with Crippen LogP contribution in [0.4, 0.5) is 4.39 Å². The lowest BCUT2D eigenvalue weighted by Gasteiger charge is -2.39. The topological polar surface area (TPSA) is 36.0 Å². The van der Waals surface area contributed by atoms with Gasteiger partial charge in [-0.15, -0.1) is 0 Å². The molecule has 25 heavy (non-hydrogen) atoms. The second-order valence-electron chi connectivity index (χ2n) is 7.24. The predicted molar refractivity (Wildman–Crippen MR) is 95.0 cm³/mol. The zero-order valence-corrected chi connectivity index (χ0v) is 15.4. The summed E-state index contributed by atoms with van der Waals surface area (Å²) in [4.78, 5) is 18.3. The fourth-order valence-corrected chi connectivity index (χ4v) is 4.13. The highest BCUT2D eigenvalue weighted by atomic mass is 19.1. The van der Waals surface area contributed by atoms with Gasteiger partial charge in [0.2, 0.25) is 5.91 Å². The summed E-state index contributed by atoms with van der Waals surface area (Å²) in [5.74, 6) is 1.25. The minimum absolute atomic E-state index is 0.166. The van der Waals surface area contributed by atoms with Crippen molar-refractivity contribution in [3.8, 4) is 5.75 Å². The first-order chi connectivity index (χ1) is 12.0. The van der Waals surface area contributed by atoms with Crippen LogP contribution in [0.5, 0.6) is 5.75 Å². The number of likely N-dealkylation sites (tertiary alicyclic amines) is 1. The molecular weight excluding hydrogens is 321 g/mol. The van der Waals surface area contributed by atoms with Gasteiger partial charge in [0.05, 0.1) is 7.11 Å². The molecule has 0 bridgehead atoms. The van der Waals surface area contributed by atoms with Crippen molar-refractivity contribution in [1.82, 2.24) is 14.7 Å². The van der Waals surface area contributed by atoms with E-state index >= 15 is 0 Å². The third kappa shape index (κ3) is 4.12. The van der Waals surface area contributed by atoms with Crippen LogP contribution in [0.25, 0.3) is 0 Å². The third-order valence-electron chi connectivity index (χ3n) is 5.51. The number of amides is 1. The van der Waals surface area contributed by atoms with E-state index < -0.39 is 0 Å². The Morgan fingerprint density at radius 3 is 2.60 bits per heavy atom. The van der Waals surface area contributed by atoms with Crippen molar-refractivity contribution in [3.63, 3.8) is 0 Å². The van der Waals surface area contributed by atoms with E-state index in [-0.39, 0.29) is 11.7 Å². The number of carbonyl (C=O) groups excluding carboxylic acids is 1. The van der Waals surface area contributed by atoms with Gasteiger partial charge in [-0.1, -0.05) is 6.92 Å². The van der Waals surface area contributed by atoms with E-state index in [4.69, 9.17) is 4.74 Å². The van der Waals surface area contributed by atoms with Crippen LogP contribution in [0.3, 0.4) is 0 Å². The first kappa shape index (κ1) is 18.1. The summed E-state index contributed by atoms with van der Waals surface area (Å²) in [6, 6.07) is 5.20. The summed E-state index contributed by atoms with van der Waals surface area (Å²) in [5.41, 5.74) is 0.900. The highest BCUT2D eigenvalue weighted by Crippen LogP contribution is 2.27.